The third kappa shape index (κ3) is 1.91. The smallest absolute Gasteiger partial charge is 0.0107 e. The Kier molecular flexibility index (Phi) is 3.58. The first kappa shape index (κ1) is 12.6. The summed E-state index contributed by atoms with van der Waals surface area (Å²) in [5.74, 6) is 0.679. The highest BCUT2D eigenvalue weighted by atomic mass is 14.8. The second kappa shape index (κ2) is 4.81. The fourth-order valence-corrected chi connectivity index (χ4v) is 3.54. The van der Waals surface area contributed by atoms with Gasteiger partial charge in [0.25, 0.3) is 0 Å². The first-order chi connectivity index (χ1) is 8.17. The van der Waals surface area contributed by atoms with Gasteiger partial charge in [-0.15, -0.1) is 0 Å². The summed E-state index contributed by atoms with van der Waals surface area (Å²) in [7, 11) is 0. The molecule has 1 aromatic rings. The van der Waals surface area contributed by atoms with E-state index in [1.807, 2.05) is 0 Å². The molecule has 0 bridgehead atoms. The summed E-state index contributed by atoms with van der Waals surface area (Å²) in [5.41, 5.74) is 9.54. The molecule has 1 saturated carbocycles. The Morgan fingerprint density at radius 1 is 1.12 bits per heavy atom. The molecule has 2 unspecified atom stereocenters. The van der Waals surface area contributed by atoms with E-state index in [0.717, 1.165) is 12.8 Å². The average Bonchev–Trinajstić information content (AvgIpc) is 2.38. The van der Waals surface area contributed by atoms with Crippen LogP contribution in [-0.2, 0) is 6.42 Å². The molecule has 0 amide bonds. The van der Waals surface area contributed by atoms with Gasteiger partial charge in [0.05, 0.1) is 0 Å². The molecule has 0 saturated heterocycles. The summed E-state index contributed by atoms with van der Waals surface area (Å²) >= 11 is 0. The molecule has 2 rings (SSSR count). The molecule has 1 aliphatic rings. The van der Waals surface area contributed by atoms with Crippen LogP contribution in [0.5, 0.6) is 0 Å². The Labute approximate surface area is 105 Å². The maximum atomic E-state index is 6.26. The standard InChI is InChI=1S/C16H25N/c1-4-12-7-9-13(10-8-12)14-11-15(17)16(14,5-2)6-3/h7-10,14-15H,4-6,11,17H2,1-3H3. The number of aryl methyl sites for hydroxylation is 1. The van der Waals surface area contributed by atoms with Gasteiger partial charge in [-0.1, -0.05) is 45.0 Å². The predicted molar refractivity (Wildman–Crippen MR) is 74.2 cm³/mol. The minimum Gasteiger partial charge on any atom is -0.327 e. The van der Waals surface area contributed by atoms with Crippen molar-refractivity contribution >= 4 is 0 Å². The van der Waals surface area contributed by atoms with Gasteiger partial charge in [-0.3, -0.25) is 0 Å². The van der Waals surface area contributed by atoms with E-state index >= 15 is 0 Å². The van der Waals surface area contributed by atoms with Crippen LogP contribution in [0.3, 0.4) is 0 Å². The van der Waals surface area contributed by atoms with Crippen molar-refractivity contribution in [2.75, 3.05) is 0 Å². The summed E-state index contributed by atoms with van der Waals surface area (Å²) in [6, 6.07) is 9.57. The molecule has 0 aliphatic heterocycles. The van der Waals surface area contributed by atoms with Gasteiger partial charge >= 0.3 is 0 Å². The molecule has 1 aliphatic carbocycles. The largest absolute Gasteiger partial charge is 0.327 e. The van der Waals surface area contributed by atoms with Gasteiger partial charge in [0, 0.05) is 6.04 Å². The molecule has 0 heterocycles. The number of benzene rings is 1. The zero-order chi connectivity index (χ0) is 12.5. The summed E-state index contributed by atoms with van der Waals surface area (Å²) in [4.78, 5) is 0. The third-order valence-electron chi connectivity index (χ3n) is 5.03. The second-order valence-electron chi connectivity index (χ2n) is 5.43. The Morgan fingerprint density at radius 2 is 1.71 bits per heavy atom. The van der Waals surface area contributed by atoms with E-state index in [-0.39, 0.29) is 0 Å². The van der Waals surface area contributed by atoms with Crippen LogP contribution in [0, 0.1) is 5.41 Å². The molecule has 1 fully saturated rings. The second-order valence-corrected chi connectivity index (χ2v) is 5.43. The fraction of sp³-hybridized carbons (Fsp3) is 0.625. The maximum absolute atomic E-state index is 6.26. The molecular formula is C16H25N. The highest BCUT2D eigenvalue weighted by Gasteiger charge is 2.50. The molecule has 2 atom stereocenters. The van der Waals surface area contributed by atoms with Crippen molar-refractivity contribution in [1.82, 2.24) is 0 Å². The van der Waals surface area contributed by atoms with Gasteiger partial charge in [-0.05, 0) is 48.1 Å². The van der Waals surface area contributed by atoms with E-state index in [9.17, 15) is 0 Å². The molecule has 0 aromatic heterocycles. The van der Waals surface area contributed by atoms with E-state index in [1.54, 1.807) is 0 Å². The maximum Gasteiger partial charge on any atom is 0.0107 e. The first-order valence-corrected chi connectivity index (χ1v) is 7.02. The Morgan fingerprint density at radius 3 is 2.12 bits per heavy atom. The summed E-state index contributed by atoms with van der Waals surface area (Å²) < 4.78 is 0. The molecule has 1 nitrogen and oxygen atoms in total. The normalized spacial score (nSPS) is 26.6. The summed E-state index contributed by atoms with van der Waals surface area (Å²) in [6.45, 7) is 6.78. The van der Waals surface area contributed by atoms with E-state index < -0.39 is 0 Å². The zero-order valence-corrected chi connectivity index (χ0v) is 11.4. The fourth-order valence-electron chi connectivity index (χ4n) is 3.54. The number of hydrogen-bond donors (Lipinski definition) is 1. The van der Waals surface area contributed by atoms with Crippen LogP contribution < -0.4 is 5.73 Å². The van der Waals surface area contributed by atoms with Gasteiger partial charge in [-0.25, -0.2) is 0 Å². The van der Waals surface area contributed by atoms with E-state index in [1.165, 1.54) is 24.0 Å². The van der Waals surface area contributed by atoms with Crippen LogP contribution in [0.2, 0.25) is 0 Å². The van der Waals surface area contributed by atoms with Gasteiger partial charge < -0.3 is 5.73 Å². The highest BCUT2D eigenvalue weighted by molar-refractivity contribution is 5.31. The molecule has 94 valence electrons. The monoisotopic (exact) mass is 231 g/mol. The van der Waals surface area contributed by atoms with Crippen LogP contribution in [0.1, 0.15) is 57.1 Å². The van der Waals surface area contributed by atoms with Crippen LogP contribution in [0.15, 0.2) is 24.3 Å². The molecule has 0 spiro atoms. The van der Waals surface area contributed by atoms with Gasteiger partial charge in [-0.2, -0.15) is 0 Å². The lowest BCUT2D eigenvalue weighted by Crippen LogP contribution is -2.55. The zero-order valence-electron chi connectivity index (χ0n) is 11.4. The number of hydrogen-bond acceptors (Lipinski definition) is 1. The van der Waals surface area contributed by atoms with Crippen LogP contribution >= 0.6 is 0 Å². The Balaban J connectivity index is 2.22. The summed E-state index contributed by atoms with van der Waals surface area (Å²) in [6.07, 6.45) is 4.68. The van der Waals surface area contributed by atoms with E-state index in [2.05, 4.69) is 45.0 Å². The number of nitrogens with two attached hydrogens (primary N) is 1. The lowest BCUT2D eigenvalue weighted by atomic mass is 9.52. The van der Waals surface area contributed by atoms with Crippen molar-refractivity contribution in [3.05, 3.63) is 35.4 Å². The topological polar surface area (TPSA) is 26.0 Å². The molecular weight excluding hydrogens is 206 g/mol. The van der Waals surface area contributed by atoms with Gasteiger partial charge in [0.15, 0.2) is 0 Å². The van der Waals surface area contributed by atoms with Crippen molar-refractivity contribution in [2.24, 2.45) is 11.1 Å². The van der Waals surface area contributed by atoms with Crippen molar-refractivity contribution in [3.63, 3.8) is 0 Å². The lowest BCUT2D eigenvalue weighted by molar-refractivity contribution is 0.0438. The van der Waals surface area contributed by atoms with E-state index in [0.29, 0.717) is 17.4 Å². The van der Waals surface area contributed by atoms with Crippen molar-refractivity contribution in [3.8, 4) is 0 Å². The Bertz CT molecular complexity index is 362. The molecule has 2 N–H and O–H groups in total. The van der Waals surface area contributed by atoms with E-state index in [4.69, 9.17) is 5.73 Å². The molecule has 1 aromatic carbocycles. The van der Waals surface area contributed by atoms with Gasteiger partial charge in [0.2, 0.25) is 0 Å². The van der Waals surface area contributed by atoms with Crippen LogP contribution in [0.25, 0.3) is 0 Å². The molecule has 17 heavy (non-hydrogen) atoms. The van der Waals surface area contributed by atoms with Crippen LogP contribution in [-0.4, -0.2) is 6.04 Å². The Hall–Kier alpha value is -0.820. The van der Waals surface area contributed by atoms with Gasteiger partial charge in [0.1, 0.15) is 0 Å². The van der Waals surface area contributed by atoms with Crippen molar-refractivity contribution < 1.29 is 0 Å². The van der Waals surface area contributed by atoms with Crippen LogP contribution in [0.4, 0.5) is 0 Å². The lowest BCUT2D eigenvalue weighted by Gasteiger charge is -2.55. The minimum atomic E-state index is 0.355. The SMILES string of the molecule is CCc1ccc(C2CC(N)C2(CC)CC)cc1. The average molecular weight is 231 g/mol. The van der Waals surface area contributed by atoms with Crippen molar-refractivity contribution in [2.45, 2.75) is 58.4 Å². The minimum absolute atomic E-state index is 0.355. The highest BCUT2D eigenvalue weighted by Crippen LogP contribution is 2.56. The molecule has 0 radical (unpaired) electrons. The van der Waals surface area contributed by atoms with Crippen molar-refractivity contribution in [1.29, 1.82) is 0 Å². The quantitative estimate of drug-likeness (QED) is 0.836. The predicted octanol–water partition coefficient (Wildman–Crippen LogP) is 3.87. The number of rotatable bonds is 4. The first-order valence-electron chi connectivity index (χ1n) is 7.02. The third-order valence-corrected chi connectivity index (χ3v) is 5.03. The summed E-state index contributed by atoms with van der Waals surface area (Å²) in [5, 5.41) is 0. The molecule has 1 heteroatoms.